The first-order valence-electron chi connectivity index (χ1n) is 15.6. The summed E-state index contributed by atoms with van der Waals surface area (Å²) < 4.78 is 0. The largest absolute Gasteiger partial charge is 0.507 e. The number of phenols is 3. The molecule has 44 heavy (non-hydrogen) atoms. The van der Waals surface area contributed by atoms with Gasteiger partial charge in [0.05, 0.1) is 11.4 Å². The lowest BCUT2D eigenvalue weighted by atomic mass is 9.79. The Morgan fingerprint density at radius 2 is 0.750 bits per heavy atom. The minimum atomic E-state index is -0.271. The number of hydrogen-bond donors (Lipinski definition) is 3. The zero-order chi connectivity index (χ0) is 33.6. The molecule has 0 saturated heterocycles. The van der Waals surface area contributed by atoms with Crippen LogP contribution in [0.25, 0.3) is 0 Å². The summed E-state index contributed by atoms with van der Waals surface area (Å²) in [7, 11) is 0. The number of aromatic hydroxyl groups is 3. The van der Waals surface area contributed by atoms with Gasteiger partial charge in [0.2, 0.25) is 0 Å². The molecule has 0 aliphatic carbocycles. The standard InChI is InChI=1S/C39H54N2O3/c1-23(2)24-15-25(21-40-27-17-29(36(3,4)5)34(43)30(18-27)37(6,7)8)33(42)26(16-24)22-41-28-19-31(38(9,10)11)35(44)32(20-28)39(12,13)14/h15-23,42-44H,1-14H3. The fourth-order valence-corrected chi connectivity index (χ4v) is 5.20. The lowest BCUT2D eigenvalue weighted by Gasteiger charge is -2.27. The molecule has 5 heteroatoms. The lowest BCUT2D eigenvalue weighted by Crippen LogP contribution is -2.16. The first-order valence-corrected chi connectivity index (χ1v) is 15.6. The fourth-order valence-electron chi connectivity index (χ4n) is 5.20. The molecule has 0 atom stereocenters. The number of nitrogens with zero attached hydrogens (tertiary/aromatic N) is 2. The molecule has 0 aliphatic rings. The summed E-state index contributed by atoms with van der Waals surface area (Å²) in [6.07, 6.45) is 3.39. The lowest BCUT2D eigenvalue weighted by molar-refractivity contribution is 0.422. The Labute approximate surface area is 265 Å². The minimum Gasteiger partial charge on any atom is -0.507 e. The van der Waals surface area contributed by atoms with Gasteiger partial charge in [0.15, 0.2) is 0 Å². The molecule has 3 N–H and O–H groups in total. The van der Waals surface area contributed by atoms with Crippen molar-refractivity contribution in [2.75, 3.05) is 0 Å². The summed E-state index contributed by atoms with van der Waals surface area (Å²) in [5.41, 5.74) is 5.94. The summed E-state index contributed by atoms with van der Waals surface area (Å²) in [5.74, 6) is 0.937. The van der Waals surface area contributed by atoms with Gasteiger partial charge in [0.1, 0.15) is 17.2 Å². The Morgan fingerprint density at radius 1 is 0.477 bits per heavy atom. The van der Waals surface area contributed by atoms with Crippen LogP contribution in [0.15, 0.2) is 46.4 Å². The molecule has 0 radical (unpaired) electrons. The van der Waals surface area contributed by atoms with E-state index in [2.05, 4.69) is 96.9 Å². The molecule has 0 amide bonds. The van der Waals surface area contributed by atoms with Gasteiger partial charge in [-0.2, -0.15) is 0 Å². The first-order chi connectivity index (χ1) is 19.9. The quantitative estimate of drug-likeness (QED) is 0.255. The maximum absolute atomic E-state index is 11.4. The second-order valence-corrected chi connectivity index (χ2v) is 16.5. The van der Waals surface area contributed by atoms with Gasteiger partial charge in [0.25, 0.3) is 0 Å². The Balaban J connectivity index is 2.17. The molecule has 3 rings (SSSR count). The van der Waals surface area contributed by atoms with Gasteiger partial charge in [0, 0.05) is 45.8 Å². The summed E-state index contributed by atoms with van der Waals surface area (Å²) in [6, 6.07) is 11.6. The van der Waals surface area contributed by atoms with Crippen LogP contribution in [-0.2, 0) is 21.7 Å². The third kappa shape index (κ3) is 7.91. The van der Waals surface area contributed by atoms with E-state index in [1.54, 1.807) is 12.4 Å². The SMILES string of the molecule is CC(C)c1cc(C=Nc2cc(C(C)(C)C)c(O)c(C(C)(C)C)c2)c(O)c(C=Nc2cc(C(C)(C)C)c(O)c(C(C)(C)C)c2)c1. The maximum Gasteiger partial charge on any atom is 0.133 e. The van der Waals surface area contributed by atoms with E-state index in [0.717, 1.165) is 39.2 Å². The number of aliphatic imine (C=N–C) groups is 2. The number of rotatable bonds is 5. The zero-order valence-electron chi connectivity index (χ0n) is 29.4. The molecular formula is C39H54N2O3. The maximum atomic E-state index is 11.4. The first kappa shape index (κ1) is 34.9. The molecule has 5 nitrogen and oxygen atoms in total. The van der Waals surface area contributed by atoms with Crippen molar-refractivity contribution in [3.63, 3.8) is 0 Å². The van der Waals surface area contributed by atoms with Crippen molar-refractivity contribution in [3.05, 3.63) is 75.3 Å². The zero-order valence-corrected chi connectivity index (χ0v) is 29.4. The van der Waals surface area contributed by atoms with Crippen molar-refractivity contribution in [2.45, 2.75) is 125 Å². The molecule has 0 spiro atoms. The summed E-state index contributed by atoms with van der Waals surface area (Å²) in [5, 5.41) is 33.6. The van der Waals surface area contributed by atoms with E-state index in [1.165, 1.54) is 0 Å². The van der Waals surface area contributed by atoms with Gasteiger partial charge >= 0.3 is 0 Å². The van der Waals surface area contributed by atoms with Crippen molar-refractivity contribution in [2.24, 2.45) is 9.98 Å². The van der Waals surface area contributed by atoms with Gasteiger partial charge in [-0.15, -0.1) is 0 Å². The molecule has 0 saturated carbocycles. The normalized spacial score (nSPS) is 13.5. The second kappa shape index (κ2) is 12.1. The highest BCUT2D eigenvalue weighted by Gasteiger charge is 2.28. The van der Waals surface area contributed by atoms with Crippen molar-refractivity contribution in [1.29, 1.82) is 0 Å². The van der Waals surface area contributed by atoms with Crippen LogP contribution in [0, 0.1) is 0 Å². The number of phenolic OH excluding ortho intramolecular Hbond substituents is 3. The van der Waals surface area contributed by atoms with Crippen molar-refractivity contribution in [3.8, 4) is 17.2 Å². The third-order valence-corrected chi connectivity index (χ3v) is 7.98. The van der Waals surface area contributed by atoms with Gasteiger partial charge in [-0.25, -0.2) is 0 Å². The van der Waals surface area contributed by atoms with Gasteiger partial charge in [-0.3, -0.25) is 9.98 Å². The van der Waals surface area contributed by atoms with Crippen LogP contribution < -0.4 is 0 Å². The molecular weight excluding hydrogens is 544 g/mol. The molecule has 0 bridgehead atoms. The molecule has 0 aromatic heterocycles. The Hall–Kier alpha value is -3.60. The highest BCUT2D eigenvalue weighted by Crippen LogP contribution is 2.43. The van der Waals surface area contributed by atoms with E-state index in [1.807, 2.05) is 36.4 Å². The van der Waals surface area contributed by atoms with E-state index in [-0.39, 0.29) is 33.3 Å². The average molecular weight is 599 g/mol. The van der Waals surface area contributed by atoms with E-state index < -0.39 is 0 Å². The van der Waals surface area contributed by atoms with E-state index in [9.17, 15) is 15.3 Å². The molecule has 0 aliphatic heterocycles. The monoisotopic (exact) mass is 598 g/mol. The number of hydrogen-bond acceptors (Lipinski definition) is 5. The topological polar surface area (TPSA) is 85.4 Å². The van der Waals surface area contributed by atoms with Crippen LogP contribution in [-0.4, -0.2) is 27.7 Å². The second-order valence-electron chi connectivity index (χ2n) is 16.5. The highest BCUT2D eigenvalue weighted by molar-refractivity contribution is 5.94. The molecule has 3 aromatic rings. The third-order valence-electron chi connectivity index (χ3n) is 7.98. The van der Waals surface area contributed by atoms with E-state index >= 15 is 0 Å². The predicted molar refractivity (Wildman–Crippen MR) is 188 cm³/mol. The summed E-state index contributed by atoms with van der Waals surface area (Å²) >= 11 is 0. The van der Waals surface area contributed by atoms with Crippen LogP contribution in [0.1, 0.15) is 142 Å². The summed E-state index contributed by atoms with van der Waals surface area (Å²) in [6.45, 7) is 29.2. The molecule has 3 aromatic carbocycles. The highest BCUT2D eigenvalue weighted by atomic mass is 16.3. The van der Waals surface area contributed by atoms with Crippen LogP contribution in [0.2, 0.25) is 0 Å². The van der Waals surface area contributed by atoms with E-state index in [0.29, 0.717) is 22.6 Å². The Morgan fingerprint density at radius 3 is 0.977 bits per heavy atom. The fraction of sp³-hybridized carbons (Fsp3) is 0.487. The summed E-state index contributed by atoms with van der Waals surface area (Å²) in [4.78, 5) is 9.61. The Bertz CT molecular complexity index is 1400. The molecule has 0 fully saturated rings. The van der Waals surface area contributed by atoms with Gasteiger partial charge in [-0.05, 0) is 69.5 Å². The van der Waals surface area contributed by atoms with Crippen LogP contribution in [0.3, 0.4) is 0 Å². The number of benzene rings is 3. The van der Waals surface area contributed by atoms with Crippen LogP contribution >= 0.6 is 0 Å². The molecule has 0 unspecified atom stereocenters. The van der Waals surface area contributed by atoms with Crippen molar-refractivity contribution >= 4 is 23.8 Å². The van der Waals surface area contributed by atoms with Gasteiger partial charge < -0.3 is 15.3 Å². The van der Waals surface area contributed by atoms with Crippen LogP contribution in [0.5, 0.6) is 17.2 Å². The molecule has 0 heterocycles. The average Bonchev–Trinajstić information content (AvgIpc) is 2.85. The smallest absolute Gasteiger partial charge is 0.133 e. The van der Waals surface area contributed by atoms with Crippen LogP contribution in [0.4, 0.5) is 11.4 Å². The van der Waals surface area contributed by atoms with Gasteiger partial charge in [-0.1, -0.05) is 96.9 Å². The van der Waals surface area contributed by atoms with E-state index in [4.69, 9.17) is 9.98 Å². The van der Waals surface area contributed by atoms with Crippen molar-refractivity contribution in [1.82, 2.24) is 0 Å². The van der Waals surface area contributed by atoms with Crippen molar-refractivity contribution < 1.29 is 15.3 Å². The molecule has 238 valence electrons. The minimum absolute atomic E-state index is 0.0960. The Kier molecular flexibility index (Phi) is 9.56. The predicted octanol–water partition coefficient (Wildman–Crippen LogP) is 10.6.